The minimum Gasteiger partial charge on any atom is -0.497 e. The molecule has 0 saturated carbocycles. The van der Waals surface area contributed by atoms with E-state index in [-0.39, 0.29) is 24.7 Å². The molecular formula is C17H17N3O5. The topological polar surface area (TPSA) is 103 Å². The number of methoxy groups -OCH3 is 1. The van der Waals surface area contributed by atoms with Crippen molar-refractivity contribution in [2.45, 2.75) is 0 Å². The van der Waals surface area contributed by atoms with E-state index in [4.69, 9.17) is 9.57 Å². The summed E-state index contributed by atoms with van der Waals surface area (Å²) in [5, 5.41) is 17.0. The molecule has 0 aliphatic heterocycles. The van der Waals surface area contributed by atoms with Crippen molar-refractivity contribution in [2.24, 2.45) is 5.16 Å². The summed E-state index contributed by atoms with van der Waals surface area (Å²) in [6, 6.07) is 12.7. The van der Waals surface area contributed by atoms with Crippen LogP contribution in [0.25, 0.3) is 0 Å². The maximum Gasteiger partial charge on any atom is 0.269 e. The first-order valence-electron chi connectivity index (χ1n) is 7.42. The Morgan fingerprint density at radius 2 is 2.04 bits per heavy atom. The summed E-state index contributed by atoms with van der Waals surface area (Å²) < 4.78 is 5.10. The minimum atomic E-state index is -0.518. The van der Waals surface area contributed by atoms with Crippen LogP contribution in [0.15, 0.2) is 53.7 Å². The van der Waals surface area contributed by atoms with Gasteiger partial charge in [-0.1, -0.05) is 17.3 Å². The van der Waals surface area contributed by atoms with E-state index in [2.05, 4.69) is 10.5 Å². The lowest BCUT2D eigenvalue weighted by atomic mass is 10.2. The van der Waals surface area contributed by atoms with Gasteiger partial charge in [0.15, 0.2) is 0 Å². The van der Waals surface area contributed by atoms with Crippen molar-refractivity contribution in [3.8, 4) is 5.75 Å². The molecule has 2 aromatic carbocycles. The monoisotopic (exact) mass is 343 g/mol. The largest absolute Gasteiger partial charge is 0.497 e. The molecule has 0 saturated heterocycles. The van der Waals surface area contributed by atoms with Crippen LogP contribution in [0.5, 0.6) is 5.75 Å². The zero-order chi connectivity index (χ0) is 18.1. The van der Waals surface area contributed by atoms with Crippen LogP contribution in [0.3, 0.4) is 0 Å². The number of amides is 1. The summed E-state index contributed by atoms with van der Waals surface area (Å²) in [6.07, 6.45) is 1.54. The van der Waals surface area contributed by atoms with E-state index in [9.17, 15) is 14.9 Å². The molecule has 1 amide bonds. The fourth-order valence-electron chi connectivity index (χ4n) is 1.92. The fraction of sp³-hybridized carbons (Fsp3) is 0.176. The minimum absolute atomic E-state index is 0.0632. The van der Waals surface area contributed by atoms with E-state index in [1.54, 1.807) is 13.3 Å². The molecule has 1 N–H and O–H groups in total. The predicted octanol–water partition coefficient (Wildman–Crippen LogP) is 2.38. The Hall–Kier alpha value is -3.42. The highest BCUT2D eigenvalue weighted by atomic mass is 16.6. The molecule has 2 rings (SSSR count). The average molecular weight is 343 g/mol. The van der Waals surface area contributed by atoms with Crippen LogP contribution in [0, 0.1) is 10.1 Å². The Labute approximate surface area is 144 Å². The van der Waals surface area contributed by atoms with Gasteiger partial charge in [-0.15, -0.1) is 0 Å². The molecule has 0 spiro atoms. The van der Waals surface area contributed by atoms with Crippen molar-refractivity contribution in [1.82, 2.24) is 5.32 Å². The zero-order valence-corrected chi connectivity index (χ0v) is 13.5. The third-order valence-corrected chi connectivity index (χ3v) is 3.19. The van der Waals surface area contributed by atoms with Gasteiger partial charge < -0.3 is 14.9 Å². The number of nitro groups is 1. The SMILES string of the molecule is COc1cccc(C=NOCCNC(=O)c2ccc([N+](=O)[O-])cc2)c1. The van der Waals surface area contributed by atoms with Gasteiger partial charge in [0, 0.05) is 17.7 Å². The van der Waals surface area contributed by atoms with Crippen LogP contribution >= 0.6 is 0 Å². The molecule has 25 heavy (non-hydrogen) atoms. The summed E-state index contributed by atoms with van der Waals surface area (Å²) in [5.74, 6) is 0.384. The van der Waals surface area contributed by atoms with Gasteiger partial charge in [0.25, 0.3) is 11.6 Å². The molecule has 0 fully saturated rings. The average Bonchev–Trinajstić information content (AvgIpc) is 2.64. The highest BCUT2D eigenvalue weighted by Gasteiger charge is 2.08. The number of hydrogen-bond acceptors (Lipinski definition) is 6. The van der Waals surface area contributed by atoms with Crippen molar-refractivity contribution >= 4 is 17.8 Å². The lowest BCUT2D eigenvalue weighted by Gasteiger charge is -2.04. The molecule has 0 atom stereocenters. The molecule has 0 heterocycles. The molecule has 130 valence electrons. The number of nitrogens with one attached hydrogen (secondary N) is 1. The first-order chi connectivity index (χ1) is 12.1. The number of benzene rings is 2. The Morgan fingerprint density at radius 1 is 1.28 bits per heavy atom. The van der Waals surface area contributed by atoms with Crippen LogP contribution in [0.1, 0.15) is 15.9 Å². The van der Waals surface area contributed by atoms with Crippen molar-refractivity contribution in [3.05, 3.63) is 69.8 Å². The number of hydrogen-bond donors (Lipinski definition) is 1. The van der Waals surface area contributed by atoms with Gasteiger partial charge in [-0.2, -0.15) is 0 Å². The Kier molecular flexibility index (Phi) is 6.47. The van der Waals surface area contributed by atoms with Gasteiger partial charge in [-0.3, -0.25) is 14.9 Å². The first kappa shape index (κ1) is 17.9. The quantitative estimate of drug-likeness (QED) is 0.343. The molecule has 2 aromatic rings. The van der Waals surface area contributed by atoms with E-state index in [1.165, 1.54) is 24.3 Å². The number of oxime groups is 1. The predicted molar refractivity (Wildman–Crippen MR) is 92.0 cm³/mol. The zero-order valence-electron chi connectivity index (χ0n) is 13.5. The van der Waals surface area contributed by atoms with Gasteiger partial charge in [0.2, 0.25) is 0 Å². The van der Waals surface area contributed by atoms with E-state index >= 15 is 0 Å². The molecular weight excluding hydrogens is 326 g/mol. The van der Waals surface area contributed by atoms with E-state index in [1.807, 2.05) is 24.3 Å². The van der Waals surface area contributed by atoms with Gasteiger partial charge in [-0.25, -0.2) is 0 Å². The maximum absolute atomic E-state index is 11.9. The van der Waals surface area contributed by atoms with Gasteiger partial charge in [0.1, 0.15) is 12.4 Å². The highest BCUT2D eigenvalue weighted by molar-refractivity contribution is 5.94. The van der Waals surface area contributed by atoms with Crippen molar-refractivity contribution in [2.75, 3.05) is 20.3 Å². The van der Waals surface area contributed by atoms with Crippen molar-refractivity contribution in [3.63, 3.8) is 0 Å². The number of carbonyl (C=O) groups excluding carboxylic acids is 1. The molecule has 0 aliphatic carbocycles. The summed E-state index contributed by atoms with van der Waals surface area (Å²) in [4.78, 5) is 27.0. The Morgan fingerprint density at radius 3 is 2.72 bits per heavy atom. The number of non-ortho nitro benzene ring substituents is 1. The van der Waals surface area contributed by atoms with Gasteiger partial charge in [0.05, 0.1) is 24.8 Å². The lowest BCUT2D eigenvalue weighted by Crippen LogP contribution is -2.26. The molecule has 0 radical (unpaired) electrons. The second-order valence-corrected chi connectivity index (χ2v) is 4.90. The molecule has 8 nitrogen and oxygen atoms in total. The number of carbonyl (C=O) groups is 1. The number of rotatable bonds is 8. The normalized spacial score (nSPS) is 10.4. The van der Waals surface area contributed by atoms with Crippen molar-refractivity contribution < 1.29 is 19.3 Å². The molecule has 0 bridgehead atoms. The van der Waals surface area contributed by atoms with Crippen LogP contribution in [-0.2, 0) is 4.84 Å². The molecule has 0 unspecified atom stereocenters. The van der Waals surface area contributed by atoms with Crippen LogP contribution in [0.4, 0.5) is 5.69 Å². The Balaban J connectivity index is 1.72. The summed E-state index contributed by atoms with van der Waals surface area (Å²) in [7, 11) is 1.58. The number of ether oxygens (including phenoxy) is 1. The smallest absolute Gasteiger partial charge is 0.269 e. The second kappa shape index (κ2) is 9.02. The fourth-order valence-corrected chi connectivity index (χ4v) is 1.92. The second-order valence-electron chi connectivity index (χ2n) is 4.90. The Bertz CT molecular complexity index is 759. The summed E-state index contributed by atoms with van der Waals surface area (Å²) >= 11 is 0. The lowest BCUT2D eigenvalue weighted by molar-refractivity contribution is -0.384. The first-order valence-corrected chi connectivity index (χ1v) is 7.42. The third-order valence-electron chi connectivity index (χ3n) is 3.19. The number of nitrogens with zero attached hydrogens (tertiary/aromatic N) is 2. The van der Waals surface area contributed by atoms with Crippen LogP contribution in [0.2, 0.25) is 0 Å². The summed E-state index contributed by atoms with van der Waals surface area (Å²) in [6.45, 7) is 0.449. The van der Waals surface area contributed by atoms with Gasteiger partial charge >= 0.3 is 0 Å². The highest BCUT2D eigenvalue weighted by Crippen LogP contribution is 2.12. The molecule has 8 heteroatoms. The van der Waals surface area contributed by atoms with Gasteiger partial charge in [-0.05, 0) is 29.8 Å². The van der Waals surface area contributed by atoms with E-state index < -0.39 is 4.92 Å². The standard InChI is InChI=1S/C17H17N3O5/c1-24-16-4-2-3-13(11-16)12-19-25-10-9-18-17(21)14-5-7-15(8-6-14)20(22)23/h2-8,11-12H,9-10H2,1H3,(H,18,21). The summed E-state index contributed by atoms with van der Waals surface area (Å²) in [5.41, 5.74) is 1.10. The molecule has 0 aliphatic rings. The van der Waals surface area contributed by atoms with E-state index in [0.29, 0.717) is 5.56 Å². The number of nitro benzene ring substituents is 1. The molecule has 0 aromatic heterocycles. The van der Waals surface area contributed by atoms with Crippen LogP contribution < -0.4 is 10.1 Å². The van der Waals surface area contributed by atoms with Crippen LogP contribution in [-0.4, -0.2) is 37.3 Å². The third kappa shape index (κ3) is 5.61. The maximum atomic E-state index is 11.9. The van der Waals surface area contributed by atoms with E-state index in [0.717, 1.165) is 11.3 Å². The van der Waals surface area contributed by atoms with Crippen molar-refractivity contribution in [1.29, 1.82) is 0 Å².